The van der Waals surface area contributed by atoms with Crippen molar-refractivity contribution in [2.75, 3.05) is 6.61 Å². The van der Waals surface area contributed by atoms with E-state index >= 15 is 0 Å². The molecule has 20 heavy (non-hydrogen) atoms. The lowest BCUT2D eigenvalue weighted by molar-refractivity contribution is -0.142. The first-order valence-corrected chi connectivity index (χ1v) is 7.73. The molecule has 0 aliphatic rings. The van der Waals surface area contributed by atoms with Gasteiger partial charge in [0.25, 0.3) is 0 Å². The number of carbonyl (C=O) groups is 1. The number of imidazole rings is 1. The number of nitrogens with zero attached hydrogens (tertiary/aromatic N) is 1. The Balaban J connectivity index is 2.22. The van der Waals surface area contributed by atoms with E-state index in [9.17, 15) is 4.79 Å². The summed E-state index contributed by atoms with van der Waals surface area (Å²) in [7, 11) is 0. The number of rotatable bonds is 5. The fourth-order valence-electron chi connectivity index (χ4n) is 1.97. The van der Waals surface area contributed by atoms with E-state index in [1.165, 1.54) is 22.9 Å². The minimum atomic E-state index is -0.210. The molecule has 0 amide bonds. The minimum absolute atomic E-state index is 0.173. The summed E-state index contributed by atoms with van der Waals surface area (Å²) in [5.41, 5.74) is 4.40. The second-order valence-electron chi connectivity index (χ2n) is 4.76. The number of hydrogen-bond acceptors (Lipinski definition) is 4. The molecule has 1 aromatic carbocycles. The normalized spacial score (nSPS) is 12.6. The smallest absolute Gasteiger partial charge is 0.319 e. The zero-order valence-corrected chi connectivity index (χ0v) is 13.1. The molecule has 0 bridgehead atoms. The summed E-state index contributed by atoms with van der Waals surface area (Å²) in [5.74, 6) is -0.173. The van der Waals surface area contributed by atoms with Gasteiger partial charge in [0.2, 0.25) is 0 Å². The van der Waals surface area contributed by atoms with Crippen molar-refractivity contribution >= 4 is 28.8 Å². The van der Waals surface area contributed by atoms with Crippen molar-refractivity contribution in [2.45, 2.75) is 44.5 Å². The van der Waals surface area contributed by atoms with Crippen LogP contribution in [0.1, 0.15) is 31.4 Å². The summed E-state index contributed by atoms with van der Waals surface area (Å²) in [6.45, 7) is 8.36. The molecule has 1 atom stereocenters. The third-order valence-electron chi connectivity index (χ3n) is 3.25. The SMILES string of the molecule is CCOC(=O)C(CC)Sc1nc2cc(C)c(C)cc2[nH]1. The molecule has 1 unspecified atom stereocenters. The number of aromatic amines is 1. The fraction of sp³-hybridized carbons (Fsp3) is 0.467. The molecule has 0 aliphatic carbocycles. The topological polar surface area (TPSA) is 55.0 Å². The number of aryl methyl sites for hydroxylation is 2. The maximum absolute atomic E-state index is 11.8. The molecule has 0 saturated carbocycles. The van der Waals surface area contributed by atoms with Gasteiger partial charge in [-0.1, -0.05) is 18.7 Å². The zero-order valence-electron chi connectivity index (χ0n) is 12.3. The van der Waals surface area contributed by atoms with Gasteiger partial charge >= 0.3 is 5.97 Å². The second-order valence-corrected chi connectivity index (χ2v) is 5.95. The molecular formula is C15H20N2O2S. The first kappa shape index (κ1) is 14.9. The van der Waals surface area contributed by atoms with Crippen molar-refractivity contribution in [2.24, 2.45) is 0 Å². The van der Waals surface area contributed by atoms with Gasteiger partial charge in [0.05, 0.1) is 17.6 Å². The first-order valence-electron chi connectivity index (χ1n) is 6.85. The molecule has 108 valence electrons. The van der Waals surface area contributed by atoms with Crippen molar-refractivity contribution in [1.29, 1.82) is 0 Å². The van der Waals surface area contributed by atoms with Gasteiger partial charge < -0.3 is 9.72 Å². The zero-order chi connectivity index (χ0) is 14.7. The lowest BCUT2D eigenvalue weighted by atomic mass is 10.1. The van der Waals surface area contributed by atoms with Gasteiger partial charge in [0, 0.05) is 0 Å². The average Bonchev–Trinajstić information content (AvgIpc) is 2.78. The number of aromatic nitrogens is 2. The van der Waals surface area contributed by atoms with Crippen molar-refractivity contribution in [3.63, 3.8) is 0 Å². The number of thioether (sulfide) groups is 1. The predicted molar refractivity (Wildman–Crippen MR) is 82.1 cm³/mol. The Hall–Kier alpha value is -1.49. The quantitative estimate of drug-likeness (QED) is 0.675. The predicted octanol–water partition coefficient (Wildman–Crippen LogP) is 3.61. The Morgan fingerprint density at radius 1 is 1.35 bits per heavy atom. The highest BCUT2D eigenvalue weighted by Crippen LogP contribution is 2.27. The molecule has 1 aromatic heterocycles. The highest BCUT2D eigenvalue weighted by Gasteiger charge is 2.20. The summed E-state index contributed by atoms with van der Waals surface area (Å²) in [6.07, 6.45) is 0.721. The van der Waals surface area contributed by atoms with Crippen LogP contribution in [0, 0.1) is 13.8 Å². The molecule has 0 spiro atoms. The number of benzene rings is 1. The van der Waals surface area contributed by atoms with E-state index < -0.39 is 0 Å². The lowest BCUT2D eigenvalue weighted by Crippen LogP contribution is -2.19. The van der Waals surface area contributed by atoms with Crippen LogP contribution in [0.5, 0.6) is 0 Å². The molecule has 1 N–H and O–H groups in total. The Morgan fingerprint density at radius 2 is 2.05 bits per heavy atom. The van der Waals surface area contributed by atoms with Crippen LogP contribution in [0.2, 0.25) is 0 Å². The van der Waals surface area contributed by atoms with Gasteiger partial charge in [-0.2, -0.15) is 0 Å². The Morgan fingerprint density at radius 3 is 2.70 bits per heavy atom. The van der Waals surface area contributed by atoms with Gasteiger partial charge in [-0.3, -0.25) is 4.79 Å². The van der Waals surface area contributed by atoms with Crippen LogP contribution in [0.4, 0.5) is 0 Å². The molecule has 4 nitrogen and oxygen atoms in total. The lowest BCUT2D eigenvalue weighted by Gasteiger charge is -2.10. The van der Waals surface area contributed by atoms with Crippen molar-refractivity contribution in [1.82, 2.24) is 9.97 Å². The van der Waals surface area contributed by atoms with E-state index in [4.69, 9.17) is 4.74 Å². The molecule has 1 heterocycles. The molecule has 0 saturated heterocycles. The summed E-state index contributed by atoms with van der Waals surface area (Å²) in [6, 6.07) is 4.16. The third kappa shape index (κ3) is 3.15. The van der Waals surface area contributed by atoms with Crippen LogP contribution >= 0.6 is 11.8 Å². The van der Waals surface area contributed by atoms with Gasteiger partial charge in [-0.25, -0.2) is 4.98 Å². The summed E-state index contributed by atoms with van der Waals surface area (Å²) < 4.78 is 5.08. The number of hydrogen-bond donors (Lipinski definition) is 1. The standard InChI is InChI=1S/C15H20N2O2S/c1-5-13(14(18)19-6-2)20-15-16-11-7-9(3)10(4)8-12(11)17-15/h7-8,13H,5-6H2,1-4H3,(H,16,17). The minimum Gasteiger partial charge on any atom is -0.465 e. The van der Waals surface area contributed by atoms with E-state index in [1.807, 2.05) is 13.8 Å². The number of carbonyl (C=O) groups excluding carboxylic acids is 1. The third-order valence-corrected chi connectivity index (χ3v) is 4.48. The Labute approximate surface area is 123 Å². The molecule has 2 aromatic rings. The van der Waals surface area contributed by atoms with Gasteiger partial charge in [0.1, 0.15) is 5.25 Å². The van der Waals surface area contributed by atoms with Crippen molar-refractivity contribution < 1.29 is 9.53 Å². The van der Waals surface area contributed by atoms with E-state index in [-0.39, 0.29) is 11.2 Å². The van der Waals surface area contributed by atoms with Crippen LogP contribution in [-0.2, 0) is 9.53 Å². The van der Waals surface area contributed by atoms with Crippen LogP contribution in [-0.4, -0.2) is 27.8 Å². The number of H-pyrrole nitrogens is 1. The molecule has 0 aliphatic heterocycles. The van der Waals surface area contributed by atoms with Crippen LogP contribution in [0.15, 0.2) is 17.3 Å². The van der Waals surface area contributed by atoms with Crippen molar-refractivity contribution in [3.8, 4) is 0 Å². The maximum atomic E-state index is 11.8. The summed E-state index contributed by atoms with van der Waals surface area (Å²) in [5, 5.41) is 0.558. The van der Waals surface area contributed by atoms with Crippen molar-refractivity contribution in [3.05, 3.63) is 23.3 Å². The molecule has 0 fully saturated rings. The van der Waals surface area contributed by atoms with E-state index in [0.717, 1.165) is 22.6 Å². The molecule has 5 heteroatoms. The highest BCUT2D eigenvalue weighted by atomic mass is 32.2. The number of esters is 1. The summed E-state index contributed by atoms with van der Waals surface area (Å²) in [4.78, 5) is 19.6. The molecular weight excluding hydrogens is 272 g/mol. The van der Waals surface area contributed by atoms with Crippen LogP contribution < -0.4 is 0 Å². The number of nitrogens with one attached hydrogen (secondary N) is 1. The van der Waals surface area contributed by atoms with Crippen LogP contribution in [0.3, 0.4) is 0 Å². The Kier molecular flexibility index (Phi) is 4.70. The molecule has 0 radical (unpaired) electrons. The van der Waals surface area contributed by atoms with Gasteiger partial charge in [-0.15, -0.1) is 0 Å². The Bertz CT molecular complexity index is 583. The van der Waals surface area contributed by atoms with E-state index in [2.05, 4.69) is 35.9 Å². The van der Waals surface area contributed by atoms with Gasteiger partial charge in [0.15, 0.2) is 5.16 Å². The van der Waals surface area contributed by atoms with Gasteiger partial charge in [-0.05, 0) is 50.5 Å². The second kappa shape index (κ2) is 6.31. The summed E-state index contributed by atoms with van der Waals surface area (Å²) >= 11 is 1.43. The highest BCUT2D eigenvalue weighted by molar-refractivity contribution is 8.00. The maximum Gasteiger partial charge on any atom is 0.319 e. The van der Waals surface area contributed by atoms with E-state index in [1.54, 1.807) is 0 Å². The monoisotopic (exact) mass is 292 g/mol. The van der Waals surface area contributed by atoms with Crippen LogP contribution in [0.25, 0.3) is 11.0 Å². The first-order chi connectivity index (χ1) is 9.55. The number of fused-ring (bicyclic) bond motifs is 1. The molecule has 2 rings (SSSR count). The number of ether oxygens (including phenoxy) is 1. The fourth-order valence-corrected chi connectivity index (χ4v) is 2.89. The largest absolute Gasteiger partial charge is 0.465 e. The van der Waals surface area contributed by atoms with E-state index in [0.29, 0.717) is 6.61 Å². The average molecular weight is 292 g/mol.